The predicted octanol–water partition coefficient (Wildman–Crippen LogP) is 3.60. The van der Waals surface area contributed by atoms with E-state index in [2.05, 4.69) is 23.8 Å². The lowest BCUT2D eigenvalue weighted by Crippen LogP contribution is -2.31. The summed E-state index contributed by atoms with van der Waals surface area (Å²) < 4.78 is 26.9. The second kappa shape index (κ2) is 10.2. The number of thiophene rings is 1. The lowest BCUT2D eigenvalue weighted by atomic mass is 9.95. The molecule has 1 aliphatic rings. The Kier molecular flexibility index (Phi) is 7.65. The molecule has 0 unspecified atom stereocenters. The number of nitrogens with one attached hydrogen (secondary N) is 2. The van der Waals surface area contributed by atoms with E-state index in [4.69, 9.17) is 0 Å². The highest BCUT2D eigenvalue weighted by molar-refractivity contribution is 7.89. The van der Waals surface area contributed by atoms with Crippen LogP contribution in [-0.2, 0) is 22.9 Å². The maximum Gasteiger partial charge on any atom is 0.256 e. The number of sulfonamides is 1. The fraction of sp³-hybridized carbons (Fsp3) is 0.304. The van der Waals surface area contributed by atoms with E-state index >= 15 is 0 Å². The Morgan fingerprint density at radius 1 is 1.06 bits per heavy atom. The summed E-state index contributed by atoms with van der Waals surface area (Å²) in [6, 6.07) is 5.75. The smallest absolute Gasteiger partial charge is 0.256 e. The molecule has 0 bridgehead atoms. The van der Waals surface area contributed by atoms with E-state index in [-0.39, 0.29) is 23.9 Å². The number of carbonyl (C=O) groups is 2. The van der Waals surface area contributed by atoms with Gasteiger partial charge in [-0.1, -0.05) is 12.2 Å². The third-order valence-electron chi connectivity index (χ3n) is 5.27. The van der Waals surface area contributed by atoms with Crippen LogP contribution in [0.25, 0.3) is 0 Å². The highest BCUT2D eigenvalue weighted by Crippen LogP contribution is 2.38. The summed E-state index contributed by atoms with van der Waals surface area (Å²) in [5, 5.41) is 6.04. The van der Waals surface area contributed by atoms with Gasteiger partial charge in [0.25, 0.3) is 11.8 Å². The molecule has 0 aliphatic heterocycles. The molecule has 170 valence electrons. The molecule has 2 amide bonds. The van der Waals surface area contributed by atoms with Gasteiger partial charge in [0.15, 0.2) is 0 Å². The van der Waals surface area contributed by atoms with E-state index in [0.29, 0.717) is 16.1 Å². The lowest BCUT2D eigenvalue weighted by molar-refractivity contribution is 0.0963. The quantitative estimate of drug-likeness (QED) is 0.544. The van der Waals surface area contributed by atoms with Crippen molar-refractivity contribution in [2.24, 2.45) is 0 Å². The third-order valence-corrected chi connectivity index (χ3v) is 8.33. The van der Waals surface area contributed by atoms with Crippen molar-refractivity contribution in [2.45, 2.75) is 30.6 Å². The molecule has 0 spiro atoms. The van der Waals surface area contributed by atoms with Crippen LogP contribution in [-0.4, -0.2) is 44.7 Å². The van der Waals surface area contributed by atoms with Crippen molar-refractivity contribution in [1.82, 2.24) is 9.62 Å². The van der Waals surface area contributed by atoms with Crippen LogP contribution in [0.3, 0.4) is 0 Å². The fourth-order valence-electron chi connectivity index (χ4n) is 3.68. The minimum Gasteiger partial charge on any atom is -0.355 e. The summed E-state index contributed by atoms with van der Waals surface area (Å²) in [4.78, 5) is 26.6. The SMILES string of the molecule is C=CCN(CC=C)S(=O)(=O)c1ccc(C(=O)Nc2sc3c(c2C(=O)NC)CCCC3)cc1. The average Bonchev–Trinajstić information content (AvgIpc) is 3.16. The Morgan fingerprint density at radius 3 is 2.28 bits per heavy atom. The first kappa shape index (κ1) is 23.9. The van der Waals surface area contributed by atoms with Gasteiger partial charge in [-0.25, -0.2) is 8.42 Å². The van der Waals surface area contributed by atoms with Gasteiger partial charge in [0.1, 0.15) is 5.00 Å². The third kappa shape index (κ3) is 4.85. The van der Waals surface area contributed by atoms with Gasteiger partial charge < -0.3 is 10.6 Å². The molecule has 0 saturated heterocycles. The molecule has 2 N–H and O–H groups in total. The van der Waals surface area contributed by atoms with Crippen LogP contribution in [0.2, 0.25) is 0 Å². The van der Waals surface area contributed by atoms with Crippen LogP contribution < -0.4 is 10.6 Å². The number of nitrogens with zero attached hydrogens (tertiary/aromatic N) is 1. The Labute approximate surface area is 192 Å². The summed E-state index contributed by atoms with van der Waals surface area (Å²) >= 11 is 1.44. The zero-order valence-electron chi connectivity index (χ0n) is 18.0. The minimum absolute atomic E-state index is 0.0791. The molecule has 0 atom stereocenters. The van der Waals surface area contributed by atoms with Crippen molar-refractivity contribution in [3.8, 4) is 0 Å². The first-order valence-corrected chi connectivity index (χ1v) is 12.6. The number of hydrogen-bond acceptors (Lipinski definition) is 5. The second-order valence-corrected chi connectivity index (χ2v) is 10.4. The molecule has 1 heterocycles. The van der Waals surface area contributed by atoms with Gasteiger partial charge >= 0.3 is 0 Å². The second-order valence-electron chi connectivity index (χ2n) is 7.37. The molecule has 1 aliphatic carbocycles. The fourth-order valence-corrected chi connectivity index (χ4v) is 6.34. The number of carbonyl (C=O) groups excluding carboxylic acids is 2. The maximum atomic E-state index is 12.9. The van der Waals surface area contributed by atoms with Crippen LogP contribution in [0.15, 0.2) is 54.5 Å². The summed E-state index contributed by atoms with van der Waals surface area (Å²) in [7, 11) is -2.17. The molecule has 3 rings (SSSR count). The number of rotatable bonds is 9. The molecule has 1 aromatic heterocycles. The highest BCUT2D eigenvalue weighted by Gasteiger charge is 2.26. The van der Waals surface area contributed by atoms with Crippen LogP contribution in [0.4, 0.5) is 5.00 Å². The van der Waals surface area contributed by atoms with Gasteiger partial charge in [0.2, 0.25) is 10.0 Å². The molecule has 7 nitrogen and oxygen atoms in total. The summed E-state index contributed by atoms with van der Waals surface area (Å²) in [6.45, 7) is 7.50. The Hall–Kier alpha value is -2.75. The molecule has 9 heteroatoms. The highest BCUT2D eigenvalue weighted by atomic mass is 32.2. The Balaban J connectivity index is 1.84. The first-order valence-electron chi connectivity index (χ1n) is 10.3. The number of hydrogen-bond donors (Lipinski definition) is 2. The van der Waals surface area contributed by atoms with Crippen LogP contribution in [0.5, 0.6) is 0 Å². The van der Waals surface area contributed by atoms with Gasteiger partial charge in [-0.05, 0) is 55.5 Å². The van der Waals surface area contributed by atoms with Crippen LogP contribution in [0.1, 0.15) is 44.0 Å². The number of anilines is 1. The molecule has 32 heavy (non-hydrogen) atoms. The zero-order valence-corrected chi connectivity index (χ0v) is 19.7. The molecule has 1 aromatic carbocycles. The molecular weight excluding hydrogens is 446 g/mol. The zero-order chi connectivity index (χ0) is 23.3. The molecule has 2 aromatic rings. The number of fused-ring (bicyclic) bond motifs is 1. The number of aryl methyl sites for hydroxylation is 1. The monoisotopic (exact) mass is 473 g/mol. The van der Waals surface area contributed by atoms with Crippen molar-refractivity contribution < 1.29 is 18.0 Å². The standard InChI is InChI=1S/C23H27N3O4S2/c1-4-14-26(15-5-2)32(29,30)17-12-10-16(11-13-17)21(27)25-23-20(22(28)24-3)18-8-6-7-9-19(18)31-23/h4-5,10-13H,1-2,6-9,14-15H2,3H3,(H,24,28)(H,25,27). The van der Waals surface area contributed by atoms with E-state index in [1.54, 1.807) is 7.05 Å². The van der Waals surface area contributed by atoms with Crippen molar-refractivity contribution >= 4 is 38.2 Å². The summed E-state index contributed by atoms with van der Waals surface area (Å²) in [6.07, 6.45) is 6.83. The molecule has 0 saturated carbocycles. The van der Waals surface area contributed by atoms with E-state index in [1.165, 1.54) is 52.1 Å². The van der Waals surface area contributed by atoms with E-state index in [0.717, 1.165) is 36.1 Å². The summed E-state index contributed by atoms with van der Waals surface area (Å²) in [5.41, 5.74) is 1.85. The largest absolute Gasteiger partial charge is 0.355 e. The van der Waals surface area contributed by atoms with Crippen LogP contribution >= 0.6 is 11.3 Å². The Bertz CT molecular complexity index is 1120. The normalized spacial score (nSPS) is 13.3. The van der Waals surface area contributed by atoms with Gasteiger partial charge in [-0.3, -0.25) is 9.59 Å². The summed E-state index contributed by atoms with van der Waals surface area (Å²) in [5.74, 6) is -0.614. The molecular formula is C23H27N3O4S2. The maximum absolute atomic E-state index is 12.9. The van der Waals surface area contributed by atoms with E-state index in [1.807, 2.05) is 0 Å². The lowest BCUT2D eigenvalue weighted by Gasteiger charge is -2.19. The molecule has 0 radical (unpaired) electrons. The van der Waals surface area contributed by atoms with Crippen molar-refractivity contribution in [2.75, 3.05) is 25.5 Å². The number of benzene rings is 1. The van der Waals surface area contributed by atoms with Crippen molar-refractivity contribution in [3.63, 3.8) is 0 Å². The Morgan fingerprint density at radius 2 is 1.69 bits per heavy atom. The topological polar surface area (TPSA) is 95.6 Å². The van der Waals surface area contributed by atoms with Gasteiger partial charge in [-0.2, -0.15) is 4.31 Å². The van der Waals surface area contributed by atoms with Gasteiger partial charge in [0, 0.05) is 30.6 Å². The van der Waals surface area contributed by atoms with Crippen molar-refractivity contribution in [1.29, 1.82) is 0 Å². The van der Waals surface area contributed by atoms with E-state index < -0.39 is 15.9 Å². The van der Waals surface area contributed by atoms with Crippen molar-refractivity contribution in [3.05, 3.63) is 71.1 Å². The average molecular weight is 474 g/mol. The minimum atomic E-state index is -3.74. The first-order chi connectivity index (χ1) is 15.3. The number of amides is 2. The predicted molar refractivity (Wildman–Crippen MR) is 128 cm³/mol. The van der Waals surface area contributed by atoms with E-state index in [9.17, 15) is 18.0 Å². The van der Waals surface area contributed by atoms with Gasteiger partial charge in [-0.15, -0.1) is 24.5 Å². The van der Waals surface area contributed by atoms with Crippen LogP contribution in [0, 0.1) is 0 Å². The molecule has 0 fully saturated rings. The van der Waals surface area contributed by atoms with Gasteiger partial charge in [0.05, 0.1) is 10.5 Å².